The van der Waals surface area contributed by atoms with Crippen LogP contribution in [-0.4, -0.2) is 47.3 Å². The molecule has 1 aromatic heterocycles. The average Bonchev–Trinajstić information content (AvgIpc) is 2.99. The van der Waals surface area contributed by atoms with E-state index in [1.807, 2.05) is 42.2 Å². The Morgan fingerprint density at radius 1 is 1.37 bits per heavy atom. The summed E-state index contributed by atoms with van der Waals surface area (Å²) < 4.78 is 11.7. The fourth-order valence-corrected chi connectivity index (χ4v) is 4.24. The van der Waals surface area contributed by atoms with Gasteiger partial charge >= 0.3 is 5.97 Å². The number of hydrogen-bond acceptors (Lipinski definition) is 7. The van der Waals surface area contributed by atoms with Gasteiger partial charge in [0, 0.05) is 24.2 Å². The number of rotatable bonds is 3. The Kier molecular flexibility index (Phi) is 4.72. The second kappa shape index (κ2) is 7.17. The fourth-order valence-electron chi connectivity index (χ4n) is 3.29. The molecule has 0 saturated heterocycles. The second-order valence-corrected chi connectivity index (χ2v) is 7.52. The van der Waals surface area contributed by atoms with E-state index in [2.05, 4.69) is 4.98 Å². The molecule has 7 heteroatoms. The van der Waals surface area contributed by atoms with Crippen LogP contribution in [0.15, 0.2) is 36.4 Å². The molecule has 0 radical (unpaired) electrons. The van der Waals surface area contributed by atoms with Crippen LogP contribution in [0.2, 0.25) is 0 Å². The number of aromatic hydroxyl groups is 1. The van der Waals surface area contributed by atoms with E-state index in [4.69, 9.17) is 9.47 Å². The first-order valence-corrected chi connectivity index (χ1v) is 9.55. The highest BCUT2D eigenvalue weighted by Crippen LogP contribution is 2.39. The van der Waals surface area contributed by atoms with Gasteiger partial charge in [0.1, 0.15) is 17.7 Å². The number of thiazole rings is 1. The van der Waals surface area contributed by atoms with Gasteiger partial charge in [-0.05, 0) is 31.2 Å². The monoisotopic (exact) mass is 384 g/mol. The summed E-state index contributed by atoms with van der Waals surface area (Å²) in [5.41, 5.74) is 2.60. The standard InChI is InChI=1S/C20H20N2O4S/c1-12(20(24)25-2)22-7-8-26-18-14(11-22)9-13(10-16(18)23)19-21-15-5-3-4-6-17(15)27-19/h3-6,9-10,12,23H,7-8,11H2,1-2H3/t12-/m0/s1. The van der Waals surface area contributed by atoms with Gasteiger partial charge in [0.2, 0.25) is 0 Å². The number of hydrogen-bond donors (Lipinski definition) is 1. The first kappa shape index (κ1) is 17.8. The van der Waals surface area contributed by atoms with Gasteiger partial charge in [-0.25, -0.2) is 4.98 Å². The number of methoxy groups -OCH3 is 1. The molecule has 1 aliphatic heterocycles. The molecule has 0 fully saturated rings. The lowest BCUT2D eigenvalue weighted by Crippen LogP contribution is -2.40. The fraction of sp³-hybridized carbons (Fsp3) is 0.300. The van der Waals surface area contributed by atoms with Crippen LogP contribution < -0.4 is 4.74 Å². The van der Waals surface area contributed by atoms with Gasteiger partial charge in [-0.2, -0.15) is 0 Å². The Hall–Kier alpha value is -2.64. The lowest BCUT2D eigenvalue weighted by molar-refractivity contribution is -0.146. The third kappa shape index (κ3) is 3.36. The number of phenolic OH excluding ortho intramolecular Hbond substituents is 1. The maximum Gasteiger partial charge on any atom is 0.322 e. The number of carbonyl (C=O) groups is 1. The number of nitrogens with zero attached hydrogens (tertiary/aromatic N) is 2. The summed E-state index contributed by atoms with van der Waals surface area (Å²) in [7, 11) is 1.39. The van der Waals surface area contributed by atoms with E-state index in [1.165, 1.54) is 7.11 Å². The minimum Gasteiger partial charge on any atom is -0.504 e. The molecule has 0 unspecified atom stereocenters. The van der Waals surface area contributed by atoms with E-state index >= 15 is 0 Å². The van der Waals surface area contributed by atoms with Crippen LogP contribution in [-0.2, 0) is 16.1 Å². The van der Waals surface area contributed by atoms with Crippen molar-refractivity contribution in [3.63, 3.8) is 0 Å². The summed E-state index contributed by atoms with van der Waals surface area (Å²) in [5.74, 6) is 0.277. The summed E-state index contributed by atoms with van der Waals surface area (Å²) in [4.78, 5) is 18.6. The highest BCUT2D eigenvalue weighted by molar-refractivity contribution is 7.21. The summed E-state index contributed by atoms with van der Waals surface area (Å²) in [6.07, 6.45) is 0. The molecule has 0 spiro atoms. The van der Waals surface area contributed by atoms with E-state index in [1.54, 1.807) is 17.4 Å². The van der Waals surface area contributed by atoms with E-state index in [0.29, 0.717) is 25.4 Å². The Labute approximate surface area is 161 Å². The summed E-state index contributed by atoms with van der Waals surface area (Å²) >= 11 is 1.58. The molecule has 4 rings (SSSR count). The summed E-state index contributed by atoms with van der Waals surface area (Å²) in [6.45, 7) is 3.26. The zero-order valence-electron chi connectivity index (χ0n) is 15.1. The van der Waals surface area contributed by atoms with Crippen molar-refractivity contribution in [2.75, 3.05) is 20.3 Å². The average molecular weight is 384 g/mol. The molecular formula is C20H20N2O4S. The Morgan fingerprint density at radius 2 is 2.19 bits per heavy atom. The van der Waals surface area contributed by atoms with Crippen LogP contribution in [0.3, 0.4) is 0 Å². The van der Waals surface area contributed by atoms with Crippen molar-refractivity contribution < 1.29 is 19.4 Å². The van der Waals surface area contributed by atoms with Gasteiger partial charge in [-0.1, -0.05) is 12.1 Å². The van der Waals surface area contributed by atoms with E-state index < -0.39 is 6.04 Å². The molecule has 0 saturated carbocycles. The molecule has 1 N–H and O–H groups in total. The van der Waals surface area contributed by atoms with Crippen molar-refractivity contribution in [2.45, 2.75) is 19.5 Å². The molecule has 0 amide bonds. The minimum atomic E-state index is -0.391. The lowest BCUT2D eigenvalue weighted by Gasteiger charge is -2.24. The predicted molar refractivity (Wildman–Crippen MR) is 104 cm³/mol. The van der Waals surface area contributed by atoms with Crippen molar-refractivity contribution >= 4 is 27.5 Å². The molecule has 1 atom stereocenters. The Balaban J connectivity index is 1.72. The maximum absolute atomic E-state index is 11.9. The quantitative estimate of drug-likeness (QED) is 0.698. The topological polar surface area (TPSA) is 71.9 Å². The van der Waals surface area contributed by atoms with Gasteiger partial charge in [-0.15, -0.1) is 11.3 Å². The number of fused-ring (bicyclic) bond motifs is 2. The van der Waals surface area contributed by atoms with Crippen molar-refractivity contribution in [1.29, 1.82) is 0 Å². The normalized spacial score (nSPS) is 15.6. The first-order chi connectivity index (χ1) is 13.1. The van der Waals surface area contributed by atoms with Gasteiger partial charge in [-0.3, -0.25) is 9.69 Å². The van der Waals surface area contributed by atoms with Crippen LogP contribution >= 0.6 is 11.3 Å². The first-order valence-electron chi connectivity index (χ1n) is 8.73. The zero-order chi connectivity index (χ0) is 19.0. The SMILES string of the molecule is COC(=O)[C@H](C)N1CCOc2c(O)cc(-c3nc4ccccc4s3)cc2C1. The number of carbonyl (C=O) groups excluding carboxylic acids is 1. The molecular weight excluding hydrogens is 364 g/mol. The van der Waals surface area contributed by atoms with Gasteiger partial charge < -0.3 is 14.6 Å². The largest absolute Gasteiger partial charge is 0.504 e. The molecule has 6 nitrogen and oxygen atoms in total. The molecule has 2 heterocycles. The molecule has 140 valence electrons. The lowest BCUT2D eigenvalue weighted by atomic mass is 10.1. The van der Waals surface area contributed by atoms with Crippen LogP contribution in [0.4, 0.5) is 0 Å². The van der Waals surface area contributed by atoms with E-state index in [-0.39, 0.29) is 11.7 Å². The third-order valence-corrected chi connectivity index (χ3v) is 5.86. The Bertz CT molecular complexity index is 968. The number of para-hydroxylation sites is 1. The number of benzene rings is 2. The van der Waals surface area contributed by atoms with E-state index in [9.17, 15) is 9.90 Å². The molecule has 0 bridgehead atoms. The van der Waals surface area contributed by atoms with Gasteiger partial charge in [0.05, 0.1) is 17.3 Å². The molecule has 2 aromatic carbocycles. The minimum absolute atomic E-state index is 0.0920. The van der Waals surface area contributed by atoms with Crippen molar-refractivity contribution in [2.24, 2.45) is 0 Å². The smallest absolute Gasteiger partial charge is 0.322 e. The number of aromatic nitrogens is 1. The number of phenols is 1. The number of ether oxygens (including phenoxy) is 2. The van der Waals surface area contributed by atoms with Crippen LogP contribution in [0.1, 0.15) is 12.5 Å². The van der Waals surface area contributed by atoms with Gasteiger partial charge in [0.15, 0.2) is 11.5 Å². The van der Waals surface area contributed by atoms with Crippen LogP contribution in [0.25, 0.3) is 20.8 Å². The van der Waals surface area contributed by atoms with Crippen LogP contribution in [0, 0.1) is 0 Å². The molecule has 3 aromatic rings. The molecule has 0 aliphatic carbocycles. The zero-order valence-corrected chi connectivity index (χ0v) is 16.0. The van der Waals surface area contributed by atoms with Crippen LogP contribution in [0.5, 0.6) is 11.5 Å². The highest BCUT2D eigenvalue weighted by Gasteiger charge is 2.27. The molecule has 27 heavy (non-hydrogen) atoms. The highest BCUT2D eigenvalue weighted by atomic mass is 32.1. The maximum atomic E-state index is 11.9. The van der Waals surface area contributed by atoms with Crippen molar-refractivity contribution in [3.05, 3.63) is 42.0 Å². The summed E-state index contributed by atoms with van der Waals surface area (Å²) in [6, 6.07) is 11.2. The van der Waals surface area contributed by atoms with Crippen molar-refractivity contribution in [1.82, 2.24) is 9.88 Å². The molecule has 1 aliphatic rings. The van der Waals surface area contributed by atoms with Crippen molar-refractivity contribution in [3.8, 4) is 22.1 Å². The second-order valence-electron chi connectivity index (χ2n) is 6.49. The third-order valence-electron chi connectivity index (χ3n) is 4.78. The van der Waals surface area contributed by atoms with E-state index in [0.717, 1.165) is 26.4 Å². The predicted octanol–water partition coefficient (Wildman–Crippen LogP) is 3.42. The Morgan fingerprint density at radius 3 is 2.96 bits per heavy atom. The number of esters is 1. The van der Waals surface area contributed by atoms with Gasteiger partial charge in [0.25, 0.3) is 0 Å². The summed E-state index contributed by atoms with van der Waals surface area (Å²) in [5, 5.41) is 11.4.